The van der Waals surface area contributed by atoms with Gasteiger partial charge in [0.25, 0.3) is 0 Å². The maximum absolute atomic E-state index is 5.41. The van der Waals surface area contributed by atoms with Gasteiger partial charge in [0.1, 0.15) is 5.75 Å². The molecular formula is C15H20N2O. The molecule has 0 aliphatic rings. The molecule has 18 heavy (non-hydrogen) atoms. The number of hydrogen-bond donors (Lipinski definition) is 1. The Labute approximate surface area is 108 Å². The second-order valence-electron chi connectivity index (χ2n) is 4.16. The first-order valence-corrected chi connectivity index (χ1v) is 6.43. The smallest absolute Gasteiger partial charge is 0.119 e. The highest BCUT2D eigenvalue weighted by atomic mass is 16.5. The van der Waals surface area contributed by atoms with Gasteiger partial charge in [0.15, 0.2) is 0 Å². The lowest BCUT2D eigenvalue weighted by Gasteiger charge is -2.07. The van der Waals surface area contributed by atoms with Gasteiger partial charge >= 0.3 is 0 Å². The minimum atomic E-state index is 0.706. The number of aromatic nitrogens is 1. The van der Waals surface area contributed by atoms with Gasteiger partial charge in [-0.05, 0) is 49.7 Å². The molecule has 0 bridgehead atoms. The van der Waals surface area contributed by atoms with Gasteiger partial charge in [-0.3, -0.25) is 0 Å². The molecule has 0 aliphatic heterocycles. The van der Waals surface area contributed by atoms with Crippen LogP contribution in [0, 0.1) is 0 Å². The Morgan fingerprint density at radius 3 is 2.50 bits per heavy atom. The maximum Gasteiger partial charge on any atom is 0.119 e. The molecule has 0 atom stereocenters. The van der Waals surface area contributed by atoms with Gasteiger partial charge in [0, 0.05) is 31.2 Å². The second kappa shape index (κ2) is 6.15. The summed E-state index contributed by atoms with van der Waals surface area (Å²) in [6.07, 6.45) is 4.27. The first-order valence-electron chi connectivity index (χ1n) is 6.43. The van der Waals surface area contributed by atoms with Crippen molar-refractivity contribution in [2.45, 2.75) is 26.9 Å². The summed E-state index contributed by atoms with van der Waals surface area (Å²) >= 11 is 0. The Bertz CT molecular complexity index is 473. The van der Waals surface area contributed by atoms with E-state index in [1.165, 1.54) is 5.56 Å². The van der Waals surface area contributed by atoms with Gasteiger partial charge in [0.05, 0.1) is 6.61 Å². The third-order valence-corrected chi connectivity index (χ3v) is 2.84. The molecule has 3 nitrogen and oxygen atoms in total. The molecule has 3 heteroatoms. The predicted octanol–water partition coefficient (Wildman–Crippen LogP) is 3.52. The van der Waals surface area contributed by atoms with E-state index in [0.29, 0.717) is 6.61 Å². The molecule has 1 N–H and O–H groups in total. The summed E-state index contributed by atoms with van der Waals surface area (Å²) in [7, 11) is 0. The average Bonchev–Trinajstić information content (AvgIpc) is 2.86. The fraction of sp³-hybridized carbons (Fsp3) is 0.333. The topological polar surface area (TPSA) is 26.2 Å². The number of benzene rings is 1. The van der Waals surface area contributed by atoms with Crippen LogP contribution in [0.2, 0.25) is 0 Å². The van der Waals surface area contributed by atoms with E-state index in [1.807, 2.05) is 31.2 Å². The van der Waals surface area contributed by atoms with Crippen LogP contribution >= 0.6 is 0 Å². The highest BCUT2D eigenvalue weighted by molar-refractivity contribution is 5.46. The Morgan fingerprint density at radius 1 is 1.11 bits per heavy atom. The molecule has 0 saturated carbocycles. The van der Waals surface area contributed by atoms with Crippen LogP contribution in [0.3, 0.4) is 0 Å². The predicted molar refractivity (Wildman–Crippen MR) is 75.0 cm³/mol. The van der Waals surface area contributed by atoms with Crippen molar-refractivity contribution in [3.05, 3.63) is 48.3 Å². The Morgan fingerprint density at radius 2 is 1.89 bits per heavy atom. The summed E-state index contributed by atoms with van der Waals surface area (Å²) in [5.74, 6) is 0.917. The molecule has 2 aromatic rings. The van der Waals surface area contributed by atoms with Crippen LogP contribution in [0.1, 0.15) is 19.4 Å². The van der Waals surface area contributed by atoms with E-state index in [9.17, 15) is 0 Å². The number of nitrogens with zero attached hydrogens (tertiary/aromatic N) is 1. The molecule has 2 rings (SSSR count). The first-order chi connectivity index (χ1) is 8.81. The zero-order valence-electron chi connectivity index (χ0n) is 11.0. The summed E-state index contributed by atoms with van der Waals surface area (Å²) in [4.78, 5) is 0. The zero-order valence-corrected chi connectivity index (χ0v) is 11.0. The molecule has 0 radical (unpaired) electrons. The van der Waals surface area contributed by atoms with Gasteiger partial charge < -0.3 is 14.6 Å². The SMILES string of the molecule is CCOc1ccc(NCc2ccn(CC)c2)cc1. The molecule has 0 aliphatic carbocycles. The molecule has 96 valence electrons. The third-order valence-electron chi connectivity index (χ3n) is 2.84. The van der Waals surface area contributed by atoms with E-state index in [-0.39, 0.29) is 0 Å². The molecule has 0 amide bonds. The number of hydrogen-bond acceptors (Lipinski definition) is 2. The van der Waals surface area contributed by atoms with Crippen LogP contribution in [0.15, 0.2) is 42.7 Å². The van der Waals surface area contributed by atoms with E-state index < -0.39 is 0 Å². The van der Waals surface area contributed by atoms with Gasteiger partial charge in [-0.1, -0.05) is 0 Å². The maximum atomic E-state index is 5.41. The molecule has 1 aromatic carbocycles. The minimum Gasteiger partial charge on any atom is -0.494 e. The van der Waals surface area contributed by atoms with Crippen molar-refractivity contribution >= 4 is 5.69 Å². The average molecular weight is 244 g/mol. The first kappa shape index (κ1) is 12.6. The van der Waals surface area contributed by atoms with Crippen LogP contribution in [0.25, 0.3) is 0 Å². The van der Waals surface area contributed by atoms with E-state index in [0.717, 1.165) is 24.5 Å². The summed E-state index contributed by atoms with van der Waals surface area (Å²) < 4.78 is 7.59. The highest BCUT2D eigenvalue weighted by Gasteiger charge is 1.97. The molecule has 0 fully saturated rings. The van der Waals surface area contributed by atoms with Gasteiger partial charge in [0.2, 0.25) is 0 Å². The van der Waals surface area contributed by atoms with Crippen LogP contribution in [-0.2, 0) is 13.1 Å². The summed E-state index contributed by atoms with van der Waals surface area (Å²) in [5.41, 5.74) is 2.41. The molecule has 0 unspecified atom stereocenters. The largest absolute Gasteiger partial charge is 0.494 e. The molecule has 1 aromatic heterocycles. The standard InChI is InChI=1S/C15H20N2O/c1-3-17-10-9-13(12-17)11-16-14-5-7-15(8-6-14)18-4-2/h5-10,12,16H,3-4,11H2,1-2H3. The normalized spacial score (nSPS) is 10.3. The number of nitrogens with one attached hydrogen (secondary N) is 1. The molecule has 0 spiro atoms. The van der Waals surface area contributed by atoms with Crippen molar-refractivity contribution in [3.8, 4) is 5.75 Å². The van der Waals surface area contributed by atoms with Crippen molar-refractivity contribution < 1.29 is 4.74 Å². The highest BCUT2D eigenvalue weighted by Crippen LogP contribution is 2.16. The Balaban J connectivity index is 1.89. The van der Waals surface area contributed by atoms with E-state index >= 15 is 0 Å². The second-order valence-corrected chi connectivity index (χ2v) is 4.16. The van der Waals surface area contributed by atoms with Crippen LogP contribution < -0.4 is 10.1 Å². The van der Waals surface area contributed by atoms with Crippen molar-refractivity contribution in [1.29, 1.82) is 0 Å². The summed E-state index contributed by atoms with van der Waals surface area (Å²) in [6.45, 7) is 6.70. The number of aryl methyl sites for hydroxylation is 1. The van der Waals surface area contributed by atoms with Crippen molar-refractivity contribution in [2.75, 3.05) is 11.9 Å². The number of anilines is 1. The van der Waals surface area contributed by atoms with Crippen LogP contribution in [0.5, 0.6) is 5.75 Å². The van der Waals surface area contributed by atoms with Crippen molar-refractivity contribution in [3.63, 3.8) is 0 Å². The van der Waals surface area contributed by atoms with E-state index in [2.05, 4.69) is 35.3 Å². The molecule has 1 heterocycles. The minimum absolute atomic E-state index is 0.706. The number of rotatable bonds is 6. The number of ether oxygens (including phenoxy) is 1. The lowest BCUT2D eigenvalue weighted by Crippen LogP contribution is -1.99. The molecule has 0 saturated heterocycles. The summed E-state index contributed by atoms with van der Waals surface area (Å²) in [5, 5.41) is 3.40. The van der Waals surface area contributed by atoms with E-state index in [4.69, 9.17) is 4.74 Å². The van der Waals surface area contributed by atoms with Gasteiger partial charge in [-0.2, -0.15) is 0 Å². The molecular weight excluding hydrogens is 224 g/mol. The van der Waals surface area contributed by atoms with E-state index in [1.54, 1.807) is 0 Å². The van der Waals surface area contributed by atoms with Crippen LogP contribution in [0.4, 0.5) is 5.69 Å². The third kappa shape index (κ3) is 3.29. The lowest BCUT2D eigenvalue weighted by molar-refractivity contribution is 0.340. The van der Waals surface area contributed by atoms with Crippen molar-refractivity contribution in [2.24, 2.45) is 0 Å². The Hall–Kier alpha value is -1.90. The van der Waals surface area contributed by atoms with Crippen LogP contribution in [-0.4, -0.2) is 11.2 Å². The zero-order chi connectivity index (χ0) is 12.8. The fourth-order valence-electron chi connectivity index (χ4n) is 1.83. The quantitative estimate of drug-likeness (QED) is 0.841. The van der Waals surface area contributed by atoms with Gasteiger partial charge in [-0.25, -0.2) is 0 Å². The van der Waals surface area contributed by atoms with Gasteiger partial charge in [-0.15, -0.1) is 0 Å². The Kier molecular flexibility index (Phi) is 4.29. The monoisotopic (exact) mass is 244 g/mol. The van der Waals surface area contributed by atoms with Crippen molar-refractivity contribution in [1.82, 2.24) is 4.57 Å². The fourth-order valence-corrected chi connectivity index (χ4v) is 1.83. The lowest BCUT2D eigenvalue weighted by atomic mass is 10.3. The summed E-state index contributed by atoms with van der Waals surface area (Å²) in [6, 6.07) is 10.2.